The normalized spacial score (nSPS) is 35.4. The molecule has 5 heteroatoms. The summed E-state index contributed by atoms with van der Waals surface area (Å²) < 4.78 is 11.6. The first-order chi connectivity index (χ1) is 13.3. The minimum atomic E-state index is -0.157. The van der Waals surface area contributed by atoms with Crippen molar-refractivity contribution in [2.24, 2.45) is 22.7 Å². The second-order valence-corrected chi connectivity index (χ2v) is 9.51. The fraction of sp³-hybridized carbons (Fsp3) is 0.696. The van der Waals surface area contributed by atoms with Crippen molar-refractivity contribution in [1.29, 1.82) is 0 Å². The van der Waals surface area contributed by atoms with Crippen LogP contribution in [0.4, 0.5) is 0 Å². The van der Waals surface area contributed by atoms with Gasteiger partial charge in [0.25, 0.3) is 0 Å². The van der Waals surface area contributed by atoms with Gasteiger partial charge in [0.2, 0.25) is 5.91 Å². The first-order valence-electron chi connectivity index (χ1n) is 10.6. The van der Waals surface area contributed by atoms with Gasteiger partial charge >= 0.3 is 0 Å². The van der Waals surface area contributed by atoms with Gasteiger partial charge in [-0.1, -0.05) is 20.8 Å². The van der Waals surface area contributed by atoms with Crippen LogP contribution in [0.5, 0.6) is 11.5 Å². The number of nitrogens with one attached hydrogen (secondary N) is 1. The number of aromatic hydroxyl groups is 1. The monoisotopic (exact) mass is 387 g/mol. The highest BCUT2D eigenvalue weighted by Gasteiger charge is 2.68. The molecule has 1 aromatic rings. The number of ether oxygens (including phenoxy) is 2. The highest BCUT2D eigenvalue weighted by Crippen LogP contribution is 2.70. The van der Waals surface area contributed by atoms with Crippen LogP contribution in [0.3, 0.4) is 0 Å². The SMILES string of the molecule is CCCC(=O)N[C@@H]1C(C)(C)[C@@H]2C[C@@H]3[C@@H](c4cc(OC)ccc4O)OCCC31C2. The first kappa shape index (κ1) is 19.6. The van der Waals surface area contributed by atoms with Crippen LogP contribution in [-0.2, 0) is 9.53 Å². The van der Waals surface area contributed by atoms with Gasteiger partial charge in [-0.3, -0.25) is 4.79 Å². The van der Waals surface area contributed by atoms with Crippen molar-refractivity contribution in [1.82, 2.24) is 5.32 Å². The number of phenolic OH excluding ortho intramolecular Hbond substituents is 1. The molecule has 2 bridgehead atoms. The molecule has 1 heterocycles. The summed E-state index contributed by atoms with van der Waals surface area (Å²) in [5, 5.41) is 14.0. The molecule has 1 saturated heterocycles. The molecule has 3 aliphatic rings. The molecule has 1 amide bonds. The van der Waals surface area contributed by atoms with Gasteiger partial charge in [0.15, 0.2) is 0 Å². The largest absolute Gasteiger partial charge is 0.508 e. The Morgan fingerprint density at radius 1 is 1.39 bits per heavy atom. The zero-order chi connectivity index (χ0) is 20.1. The first-order valence-corrected chi connectivity index (χ1v) is 10.6. The number of fused-ring (bicyclic) bond motifs is 1. The zero-order valence-electron chi connectivity index (χ0n) is 17.5. The Labute approximate surface area is 167 Å². The number of amides is 1. The molecule has 2 N–H and O–H groups in total. The number of hydrogen-bond acceptors (Lipinski definition) is 4. The van der Waals surface area contributed by atoms with E-state index in [1.807, 2.05) is 13.0 Å². The van der Waals surface area contributed by atoms with Crippen molar-refractivity contribution >= 4 is 5.91 Å². The van der Waals surface area contributed by atoms with E-state index in [1.54, 1.807) is 19.2 Å². The van der Waals surface area contributed by atoms with Crippen molar-refractivity contribution in [2.45, 2.75) is 65.0 Å². The highest BCUT2D eigenvalue weighted by atomic mass is 16.5. The Morgan fingerprint density at radius 2 is 2.18 bits per heavy atom. The lowest BCUT2D eigenvalue weighted by Gasteiger charge is -2.53. The fourth-order valence-corrected chi connectivity index (χ4v) is 6.44. The Morgan fingerprint density at radius 3 is 2.89 bits per heavy atom. The summed E-state index contributed by atoms with van der Waals surface area (Å²) in [6.07, 6.45) is 4.46. The van der Waals surface area contributed by atoms with E-state index < -0.39 is 0 Å². The number of rotatable bonds is 5. The molecule has 2 aliphatic carbocycles. The van der Waals surface area contributed by atoms with Crippen LogP contribution in [0.25, 0.3) is 0 Å². The summed E-state index contributed by atoms with van der Waals surface area (Å²) in [7, 11) is 1.64. The summed E-state index contributed by atoms with van der Waals surface area (Å²) in [5.41, 5.74) is 0.932. The van der Waals surface area contributed by atoms with Gasteiger partial charge in [0, 0.05) is 24.6 Å². The lowest BCUT2D eigenvalue weighted by molar-refractivity contribution is -0.137. The molecule has 1 aliphatic heterocycles. The molecule has 4 rings (SSSR count). The topological polar surface area (TPSA) is 67.8 Å². The Bertz CT molecular complexity index is 761. The van der Waals surface area contributed by atoms with Gasteiger partial charge in [-0.15, -0.1) is 0 Å². The number of methoxy groups -OCH3 is 1. The molecule has 3 fully saturated rings. The van der Waals surface area contributed by atoms with E-state index in [2.05, 4.69) is 19.2 Å². The lowest BCUT2D eigenvalue weighted by Crippen LogP contribution is -2.58. The fourth-order valence-electron chi connectivity index (χ4n) is 6.44. The Balaban J connectivity index is 1.69. The molecular formula is C23H33NO4. The predicted octanol–water partition coefficient (Wildman–Crippen LogP) is 4.20. The quantitative estimate of drug-likeness (QED) is 0.795. The minimum absolute atomic E-state index is 0.0377. The average Bonchev–Trinajstić information content (AvgIpc) is 3.15. The Hall–Kier alpha value is -1.75. The van der Waals surface area contributed by atoms with E-state index in [1.165, 1.54) is 0 Å². The molecule has 2 saturated carbocycles. The van der Waals surface area contributed by atoms with Crippen LogP contribution >= 0.6 is 0 Å². The second-order valence-electron chi connectivity index (χ2n) is 9.51. The smallest absolute Gasteiger partial charge is 0.220 e. The minimum Gasteiger partial charge on any atom is -0.508 e. The molecule has 5 atom stereocenters. The van der Waals surface area contributed by atoms with E-state index in [9.17, 15) is 9.90 Å². The number of phenols is 1. The number of hydrogen-bond donors (Lipinski definition) is 2. The standard InChI is InChI=1S/C23H33NO4/c1-5-6-19(26)24-21-22(2,3)14-11-17-20(28-10-9-23(17,21)13-14)16-12-15(27-4)7-8-18(16)25/h7-8,12,14,17,20-21,25H,5-6,9-11,13H2,1-4H3,(H,24,26)/t14-,17-,20-,21-,23?/m1/s1. The summed E-state index contributed by atoms with van der Waals surface area (Å²) >= 11 is 0. The maximum atomic E-state index is 12.5. The van der Waals surface area contributed by atoms with Crippen LogP contribution in [0.15, 0.2) is 18.2 Å². The number of benzene rings is 1. The van der Waals surface area contributed by atoms with Crippen molar-refractivity contribution in [2.75, 3.05) is 13.7 Å². The van der Waals surface area contributed by atoms with Gasteiger partial charge in [0.1, 0.15) is 11.5 Å². The summed E-state index contributed by atoms with van der Waals surface area (Å²) in [6, 6.07) is 5.52. The van der Waals surface area contributed by atoms with Crippen molar-refractivity contribution in [3.8, 4) is 11.5 Å². The van der Waals surface area contributed by atoms with E-state index >= 15 is 0 Å². The van der Waals surface area contributed by atoms with Gasteiger partial charge < -0.3 is 19.9 Å². The molecular weight excluding hydrogens is 354 g/mol. The second kappa shape index (κ2) is 6.94. The third-order valence-electron chi connectivity index (χ3n) is 7.83. The summed E-state index contributed by atoms with van der Waals surface area (Å²) in [5.74, 6) is 2.00. The Kier molecular flexibility index (Phi) is 4.85. The van der Waals surface area contributed by atoms with Crippen molar-refractivity contribution < 1.29 is 19.4 Å². The van der Waals surface area contributed by atoms with Crippen molar-refractivity contribution in [3.05, 3.63) is 23.8 Å². The maximum Gasteiger partial charge on any atom is 0.220 e. The van der Waals surface area contributed by atoms with Crippen LogP contribution in [0.1, 0.15) is 64.5 Å². The van der Waals surface area contributed by atoms with Gasteiger partial charge in [-0.05, 0) is 66.5 Å². The van der Waals surface area contributed by atoms with Gasteiger partial charge in [0.05, 0.1) is 13.2 Å². The maximum absolute atomic E-state index is 12.5. The van der Waals surface area contributed by atoms with Crippen LogP contribution in [-0.4, -0.2) is 30.8 Å². The van der Waals surface area contributed by atoms with Crippen molar-refractivity contribution in [3.63, 3.8) is 0 Å². The van der Waals surface area contributed by atoms with Crippen LogP contribution in [0, 0.1) is 22.7 Å². The van der Waals surface area contributed by atoms with Crippen LogP contribution < -0.4 is 10.1 Å². The molecule has 0 radical (unpaired) electrons. The molecule has 1 spiro atoms. The molecule has 0 aromatic heterocycles. The van der Waals surface area contributed by atoms with Crippen LogP contribution in [0.2, 0.25) is 0 Å². The molecule has 1 aromatic carbocycles. The van der Waals surface area contributed by atoms with E-state index in [4.69, 9.17) is 9.47 Å². The lowest BCUT2D eigenvalue weighted by atomic mass is 9.58. The van der Waals surface area contributed by atoms with E-state index in [0.29, 0.717) is 24.9 Å². The highest BCUT2D eigenvalue weighted by molar-refractivity contribution is 5.76. The summed E-state index contributed by atoms with van der Waals surface area (Å²) in [6.45, 7) is 7.32. The third kappa shape index (κ3) is 2.81. The number of carbonyl (C=O) groups is 1. The van der Waals surface area contributed by atoms with Gasteiger partial charge in [-0.25, -0.2) is 0 Å². The molecule has 154 valence electrons. The predicted molar refractivity (Wildman–Crippen MR) is 107 cm³/mol. The number of carbonyl (C=O) groups excluding carboxylic acids is 1. The van der Waals surface area contributed by atoms with E-state index in [0.717, 1.165) is 37.0 Å². The van der Waals surface area contributed by atoms with Gasteiger partial charge in [-0.2, -0.15) is 0 Å². The summed E-state index contributed by atoms with van der Waals surface area (Å²) in [4.78, 5) is 12.5. The molecule has 1 unspecified atom stereocenters. The third-order valence-corrected chi connectivity index (χ3v) is 7.83. The average molecular weight is 388 g/mol. The zero-order valence-corrected chi connectivity index (χ0v) is 17.5. The molecule has 5 nitrogen and oxygen atoms in total. The van der Waals surface area contributed by atoms with E-state index in [-0.39, 0.29) is 34.6 Å². The molecule has 28 heavy (non-hydrogen) atoms.